The van der Waals surface area contributed by atoms with Crippen LogP contribution < -0.4 is 5.73 Å². The molecule has 1 saturated carbocycles. The maximum atomic E-state index is 10.6. The van der Waals surface area contributed by atoms with Crippen molar-refractivity contribution in [2.24, 2.45) is 11.7 Å². The van der Waals surface area contributed by atoms with Crippen LogP contribution in [0.1, 0.15) is 48.4 Å². The first kappa shape index (κ1) is 16.5. The van der Waals surface area contributed by atoms with E-state index in [0.29, 0.717) is 5.92 Å². The second kappa shape index (κ2) is 6.64. The molecule has 3 N–H and O–H groups in total. The molecule has 0 saturated heterocycles. The van der Waals surface area contributed by atoms with Crippen LogP contribution in [-0.4, -0.2) is 11.2 Å². The lowest BCUT2D eigenvalue weighted by molar-refractivity contribution is 0.0845. The van der Waals surface area contributed by atoms with Gasteiger partial charge < -0.3 is 10.8 Å². The lowest BCUT2D eigenvalue weighted by Gasteiger charge is -2.25. The van der Waals surface area contributed by atoms with Crippen molar-refractivity contribution in [3.8, 4) is 11.1 Å². The van der Waals surface area contributed by atoms with E-state index in [1.165, 1.54) is 35.1 Å². The van der Waals surface area contributed by atoms with Crippen LogP contribution in [0.15, 0.2) is 42.5 Å². The monoisotopic (exact) mass is 329 g/mol. The maximum Gasteiger partial charge on any atom is 0.0760 e. The molecule has 0 heterocycles. The van der Waals surface area contributed by atoms with E-state index in [0.717, 1.165) is 24.8 Å². The van der Waals surface area contributed by atoms with E-state index in [4.69, 9.17) is 5.73 Å². The Morgan fingerprint density at radius 3 is 2.43 bits per heavy atom. The zero-order valence-electron chi connectivity index (χ0n) is 13.2. The Labute approximate surface area is 144 Å². The van der Waals surface area contributed by atoms with Crippen molar-refractivity contribution in [3.05, 3.63) is 59.2 Å². The van der Waals surface area contributed by atoms with Crippen LogP contribution in [0.4, 0.5) is 0 Å². The zero-order chi connectivity index (χ0) is 15.1. The third kappa shape index (κ3) is 2.91. The fourth-order valence-corrected chi connectivity index (χ4v) is 4.16. The molecule has 2 aliphatic carbocycles. The summed E-state index contributed by atoms with van der Waals surface area (Å²) in [5, 5.41) is 10.6. The number of halogens is 1. The highest BCUT2D eigenvalue weighted by Crippen LogP contribution is 2.38. The van der Waals surface area contributed by atoms with Crippen LogP contribution in [0.2, 0.25) is 0 Å². The van der Waals surface area contributed by atoms with Crippen LogP contribution in [0, 0.1) is 5.92 Å². The number of hydrogen-bond acceptors (Lipinski definition) is 2. The lowest BCUT2D eigenvalue weighted by atomic mass is 9.89. The third-order valence-electron chi connectivity index (χ3n) is 5.45. The number of nitrogens with two attached hydrogens (primary N) is 1. The van der Waals surface area contributed by atoms with E-state index in [2.05, 4.69) is 42.5 Å². The number of aliphatic hydroxyl groups is 1. The third-order valence-corrected chi connectivity index (χ3v) is 5.45. The van der Waals surface area contributed by atoms with Crippen molar-refractivity contribution in [2.75, 3.05) is 0 Å². The predicted molar refractivity (Wildman–Crippen MR) is 96.8 cm³/mol. The molecule has 2 aromatic carbocycles. The molecule has 0 aliphatic heterocycles. The minimum Gasteiger partial charge on any atom is -0.391 e. The zero-order valence-corrected chi connectivity index (χ0v) is 14.1. The van der Waals surface area contributed by atoms with Gasteiger partial charge in [0.1, 0.15) is 0 Å². The average molecular weight is 330 g/mol. The number of hydrogen-bond donors (Lipinski definition) is 2. The predicted octanol–water partition coefficient (Wildman–Crippen LogP) is 4.23. The van der Waals surface area contributed by atoms with Gasteiger partial charge in [-0.2, -0.15) is 0 Å². The fourth-order valence-electron chi connectivity index (χ4n) is 4.16. The van der Waals surface area contributed by atoms with Gasteiger partial charge in [0.05, 0.1) is 12.1 Å². The van der Waals surface area contributed by atoms with Gasteiger partial charge in [-0.05, 0) is 53.0 Å². The van der Waals surface area contributed by atoms with E-state index < -0.39 is 6.10 Å². The molecular weight excluding hydrogens is 306 g/mol. The Morgan fingerprint density at radius 1 is 0.957 bits per heavy atom. The Hall–Kier alpha value is -1.35. The Balaban J connectivity index is 0.00000156. The number of rotatable bonds is 3. The topological polar surface area (TPSA) is 46.2 Å². The second-order valence-electron chi connectivity index (χ2n) is 6.81. The van der Waals surface area contributed by atoms with E-state index in [-0.39, 0.29) is 18.4 Å². The molecule has 0 bridgehead atoms. The summed E-state index contributed by atoms with van der Waals surface area (Å²) in [6, 6.07) is 14.8. The molecule has 122 valence electrons. The molecule has 0 unspecified atom stereocenters. The number of fused-ring (bicyclic) bond motifs is 3. The van der Waals surface area contributed by atoms with Gasteiger partial charge in [0, 0.05) is 0 Å². The summed E-state index contributed by atoms with van der Waals surface area (Å²) in [6.45, 7) is 0. The molecule has 3 heteroatoms. The summed E-state index contributed by atoms with van der Waals surface area (Å²) < 4.78 is 0. The minimum atomic E-state index is -0.413. The van der Waals surface area contributed by atoms with Crippen LogP contribution >= 0.6 is 12.4 Å². The molecule has 4 rings (SSSR count). The van der Waals surface area contributed by atoms with Gasteiger partial charge >= 0.3 is 0 Å². The van der Waals surface area contributed by atoms with Crippen molar-refractivity contribution < 1.29 is 5.11 Å². The van der Waals surface area contributed by atoms with Gasteiger partial charge in [-0.1, -0.05) is 55.3 Å². The van der Waals surface area contributed by atoms with Crippen molar-refractivity contribution >= 4 is 12.4 Å². The highest BCUT2D eigenvalue weighted by Gasteiger charge is 2.29. The molecule has 0 spiro atoms. The normalized spacial score (nSPS) is 18.9. The summed E-state index contributed by atoms with van der Waals surface area (Å²) in [7, 11) is 0. The van der Waals surface area contributed by atoms with Crippen molar-refractivity contribution in [1.82, 2.24) is 0 Å². The molecule has 2 atom stereocenters. The van der Waals surface area contributed by atoms with Gasteiger partial charge in [0.15, 0.2) is 0 Å². The first-order valence-corrected chi connectivity index (χ1v) is 8.39. The standard InChI is InChI=1S/C20H23NO.ClH/c21-19(20(22)13-5-1-2-6-13)15-9-10-18-16(12-15)11-14-7-3-4-8-17(14)18;/h3-4,7-10,12-13,19-20,22H,1-2,5-6,11,21H2;1H/t19-,20+;/m0./s1. The molecule has 2 aromatic rings. The first-order valence-electron chi connectivity index (χ1n) is 8.39. The Kier molecular flexibility index (Phi) is 4.77. The quantitative estimate of drug-likeness (QED) is 0.755. The van der Waals surface area contributed by atoms with Crippen LogP contribution in [0.25, 0.3) is 11.1 Å². The van der Waals surface area contributed by atoms with Crippen molar-refractivity contribution in [3.63, 3.8) is 0 Å². The molecule has 0 amide bonds. The summed E-state index contributed by atoms with van der Waals surface area (Å²) >= 11 is 0. The highest BCUT2D eigenvalue weighted by atomic mass is 35.5. The van der Waals surface area contributed by atoms with E-state index in [1.807, 2.05) is 0 Å². The van der Waals surface area contributed by atoms with Gasteiger partial charge in [-0.15, -0.1) is 12.4 Å². The maximum absolute atomic E-state index is 10.6. The molecular formula is C20H24ClNO. The fraction of sp³-hybridized carbons (Fsp3) is 0.400. The van der Waals surface area contributed by atoms with E-state index in [1.54, 1.807) is 0 Å². The lowest BCUT2D eigenvalue weighted by Crippen LogP contribution is -2.32. The first-order chi connectivity index (χ1) is 10.7. The van der Waals surface area contributed by atoms with Gasteiger partial charge in [-0.3, -0.25) is 0 Å². The van der Waals surface area contributed by atoms with Crippen LogP contribution in [-0.2, 0) is 6.42 Å². The molecule has 2 aliphatic rings. The van der Waals surface area contributed by atoms with Gasteiger partial charge in [0.2, 0.25) is 0 Å². The smallest absolute Gasteiger partial charge is 0.0760 e. The van der Waals surface area contributed by atoms with Crippen molar-refractivity contribution in [1.29, 1.82) is 0 Å². The molecule has 2 nitrogen and oxygen atoms in total. The Bertz CT molecular complexity index is 694. The number of aliphatic hydroxyl groups excluding tert-OH is 1. The summed E-state index contributed by atoms with van der Waals surface area (Å²) in [6.07, 6.45) is 5.26. The van der Waals surface area contributed by atoms with Crippen LogP contribution in [0.3, 0.4) is 0 Å². The molecule has 23 heavy (non-hydrogen) atoms. The van der Waals surface area contributed by atoms with Gasteiger partial charge in [-0.25, -0.2) is 0 Å². The second-order valence-corrected chi connectivity index (χ2v) is 6.81. The summed E-state index contributed by atoms with van der Waals surface area (Å²) in [5.74, 6) is 0.375. The minimum absolute atomic E-state index is 0. The Morgan fingerprint density at radius 2 is 1.65 bits per heavy atom. The summed E-state index contributed by atoms with van der Waals surface area (Å²) in [4.78, 5) is 0. The summed E-state index contributed by atoms with van der Waals surface area (Å²) in [5.41, 5.74) is 12.8. The average Bonchev–Trinajstić information content (AvgIpc) is 3.20. The van der Waals surface area contributed by atoms with Gasteiger partial charge in [0.25, 0.3) is 0 Å². The molecule has 0 radical (unpaired) electrons. The molecule has 1 fully saturated rings. The molecule has 0 aromatic heterocycles. The number of benzene rings is 2. The van der Waals surface area contributed by atoms with Crippen molar-refractivity contribution in [2.45, 2.75) is 44.2 Å². The van der Waals surface area contributed by atoms with E-state index >= 15 is 0 Å². The largest absolute Gasteiger partial charge is 0.391 e. The highest BCUT2D eigenvalue weighted by molar-refractivity contribution is 5.85. The van der Waals surface area contributed by atoms with E-state index in [9.17, 15) is 5.11 Å². The SMILES string of the molecule is Cl.N[C@@H](c1ccc2c(c1)Cc1ccccc1-2)[C@H](O)C1CCCC1. The van der Waals surface area contributed by atoms with Crippen LogP contribution in [0.5, 0.6) is 0 Å².